The van der Waals surface area contributed by atoms with E-state index in [1.54, 1.807) is 19.0 Å². The topological polar surface area (TPSA) is 84.2 Å². The molecule has 0 atom stereocenters. The molecule has 0 spiro atoms. The quantitative estimate of drug-likeness (QED) is 0.680. The maximum Gasteiger partial charge on any atom is 0.330 e. The first-order valence-electron chi connectivity index (χ1n) is 6.02. The van der Waals surface area contributed by atoms with Gasteiger partial charge in [0.15, 0.2) is 0 Å². The summed E-state index contributed by atoms with van der Waals surface area (Å²) in [5.74, 6) is 0.588. The van der Waals surface area contributed by atoms with Gasteiger partial charge in [0.1, 0.15) is 6.20 Å². The Hall–Kier alpha value is -2.70. The largest absolute Gasteiger partial charge is 0.357 e. The van der Waals surface area contributed by atoms with Gasteiger partial charge in [-0.3, -0.25) is 10.1 Å². The van der Waals surface area contributed by atoms with Crippen molar-refractivity contribution in [3.8, 4) is 0 Å². The molecule has 0 saturated heterocycles. The van der Waals surface area contributed by atoms with Crippen LogP contribution in [0.15, 0.2) is 30.5 Å². The van der Waals surface area contributed by atoms with Crippen LogP contribution in [0.4, 0.5) is 23.1 Å². The Labute approximate surface area is 116 Å². The van der Waals surface area contributed by atoms with Crippen LogP contribution in [-0.2, 0) is 0 Å². The molecule has 0 unspecified atom stereocenters. The summed E-state index contributed by atoms with van der Waals surface area (Å²) in [7, 11) is 3.40. The molecule has 0 saturated carbocycles. The van der Waals surface area contributed by atoms with Gasteiger partial charge in [0.25, 0.3) is 0 Å². The molecule has 1 aromatic heterocycles. The molecule has 2 aromatic rings. The number of benzene rings is 1. The van der Waals surface area contributed by atoms with E-state index >= 15 is 0 Å². The van der Waals surface area contributed by atoms with Crippen LogP contribution in [0.3, 0.4) is 0 Å². The Balaban J connectivity index is 2.52. The van der Waals surface area contributed by atoms with Gasteiger partial charge in [-0.2, -0.15) is 4.98 Å². The van der Waals surface area contributed by atoms with Crippen LogP contribution in [0, 0.1) is 17.0 Å². The molecule has 0 radical (unpaired) electrons. The van der Waals surface area contributed by atoms with Crippen molar-refractivity contribution in [2.75, 3.05) is 24.3 Å². The minimum absolute atomic E-state index is 0.131. The summed E-state index contributed by atoms with van der Waals surface area (Å²) < 4.78 is 0. The van der Waals surface area contributed by atoms with Gasteiger partial charge in [-0.25, -0.2) is 4.98 Å². The van der Waals surface area contributed by atoms with Crippen molar-refractivity contribution < 1.29 is 4.92 Å². The van der Waals surface area contributed by atoms with Gasteiger partial charge in [0.2, 0.25) is 11.8 Å². The van der Waals surface area contributed by atoms with Crippen molar-refractivity contribution in [2.24, 2.45) is 0 Å². The zero-order valence-corrected chi connectivity index (χ0v) is 11.5. The molecule has 0 aliphatic carbocycles. The lowest BCUT2D eigenvalue weighted by Gasteiger charge is -2.18. The molecule has 0 bridgehead atoms. The van der Waals surface area contributed by atoms with Crippen molar-refractivity contribution in [1.29, 1.82) is 0 Å². The fraction of sp³-hybridized carbons (Fsp3) is 0.231. The van der Waals surface area contributed by atoms with E-state index in [4.69, 9.17) is 0 Å². The maximum atomic E-state index is 11.1. The third kappa shape index (κ3) is 2.66. The van der Waals surface area contributed by atoms with Gasteiger partial charge >= 0.3 is 5.69 Å². The molecule has 1 heterocycles. The Kier molecular flexibility index (Phi) is 3.79. The number of rotatable bonds is 4. The van der Waals surface area contributed by atoms with Crippen LogP contribution in [0.2, 0.25) is 0 Å². The molecule has 0 aliphatic heterocycles. The highest BCUT2D eigenvalue weighted by atomic mass is 16.6. The highest BCUT2D eigenvalue weighted by Gasteiger charge is 2.21. The minimum Gasteiger partial charge on any atom is -0.357 e. The van der Waals surface area contributed by atoms with E-state index in [9.17, 15) is 10.1 Å². The lowest BCUT2D eigenvalue weighted by molar-refractivity contribution is -0.384. The fourth-order valence-electron chi connectivity index (χ4n) is 1.82. The molecule has 1 N–H and O–H groups in total. The first kappa shape index (κ1) is 13.7. The number of hydrogen-bond donors (Lipinski definition) is 1. The number of aromatic nitrogens is 2. The van der Waals surface area contributed by atoms with Crippen molar-refractivity contribution in [1.82, 2.24) is 9.97 Å². The molecule has 20 heavy (non-hydrogen) atoms. The third-order valence-corrected chi connectivity index (χ3v) is 2.88. The maximum absolute atomic E-state index is 11.1. The lowest BCUT2D eigenvalue weighted by atomic mass is 10.2. The first-order chi connectivity index (χ1) is 9.52. The van der Waals surface area contributed by atoms with Crippen LogP contribution in [0.25, 0.3) is 0 Å². The second-order valence-electron chi connectivity index (χ2n) is 4.31. The third-order valence-electron chi connectivity index (χ3n) is 2.88. The number of aryl methyl sites for hydroxylation is 1. The van der Waals surface area contributed by atoms with Gasteiger partial charge < -0.3 is 10.2 Å². The molecular formula is C13H15N5O2. The molecule has 1 aromatic carbocycles. The van der Waals surface area contributed by atoms with Crippen LogP contribution in [0.1, 0.15) is 5.56 Å². The molecule has 0 fully saturated rings. The van der Waals surface area contributed by atoms with Crippen molar-refractivity contribution in [3.05, 3.63) is 46.1 Å². The van der Waals surface area contributed by atoms with Crippen molar-refractivity contribution >= 4 is 23.1 Å². The molecule has 2 rings (SSSR count). The smallest absolute Gasteiger partial charge is 0.330 e. The summed E-state index contributed by atoms with van der Waals surface area (Å²) in [5.41, 5.74) is 1.77. The molecule has 0 aliphatic rings. The van der Waals surface area contributed by atoms with E-state index in [-0.39, 0.29) is 11.5 Å². The summed E-state index contributed by atoms with van der Waals surface area (Å²) >= 11 is 0. The number of anilines is 3. The summed E-state index contributed by atoms with van der Waals surface area (Å²) in [4.78, 5) is 20.4. The Bertz CT molecular complexity index is 644. The van der Waals surface area contributed by atoms with E-state index in [1.165, 1.54) is 6.20 Å². The number of hydrogen-bond acceptors (Lipinski definition) is 6. The van der Waals surface area contributed by atoms with Gasteiger partial charge in [-0.15, -0.1) is 0 Å². The van der Waals surface area contributed by atoms with Crippen molar-refractivity contribution in [2.45, 2.75) is 6.92 Å². The van der Waals surface area contributed by atoms with E-state index in [0.717, 1.165) is 11.3 Å². The van der Waals surface area contributed by atoms with Crippen LogP contribution < -0.4 is 10.2 Å². The Morgan fingerprint density at radius 2 is 2.15 bits per heavy atom. The predicted octanol–water partition coefficient (Wildman–Crippen LogP) is 2.50. The first-order valence-corrected chi connectivity index (χ1v) is 6.02. The average molecular weight is 273 g/mol. The number of nitro groups is 1. The minimum atomic E-state index is -0.485. The van der Waals surface area contributed by atoms with Crippen molar-refractivity contribution in [3.63, 3.8) is 0 Å². The molecule has 0 amide bonds. The van der Waals surface area contributed by atoms with Gasteiger partial charge in [-0.1, -0.05) is 12.1 Å². The van der Waals surface area contributed by atoms with Crippen LogP contribution in [0.5, 0.6) is 0 Å². The lowest BCUT2D eigenvalue weighted by Crippen LogP contribution is -2.15. The monoisotopic (exact) mass is 273 g/mol. The van der Waals surface area contributed by atoms with E-state index in [0.29, 0.717) is 5.95 Å². The molecular weight excluding hydrogens is 258 g/mol. The summed E-state index contributed by atoms with van der Waals surface area (Å²) in [6.07, 6.45) is 1.21. The summed E-state index contributed by atoms with van der Waals surface area (Å²) in [6, 6.07) is 7.67. The number of nitrogens with zero attached hydrogens (tertiary/aromatic N) is 4. The average Bonchev–Trinajstić information content (AvgIpc) is 2.45. The second-order valence-corrected chi connectivity index (χ2v) is 4.31. The summed E-state index contributed by atoms with van der Waals surface area (Å²) in [5, 5.41) is 13.9. The van der Waals surface area contributed by atoms with Gasteiger partial charge in [0.05, 0.1) is 4.92 Å². The summed E-state index contributed by atoms with van der Waals surface area (Å²) in [6.45, 7) is 1.96. The Morgan fingerprint density at radius 3 is 2.75 bits per heavy atom. The number of nitrogens with one attached hydrogen (secondary N) is 1. The predicted molar refractivity (Wildman–Crippen MR) is 77.5 cm³/mol. The second kappa shape index (κ2) is 5.52. The van der Waals surface area contributed by atoms with E-state index < -0.39 is 4.92 Å². The van der Waals surface area contributed by atoms with Gasteiger partial charge in [-0.05, 0) is 24.6 Å². The SMILES string of the molecule is CNc1ncc([N+](=O)[O-])c(N(C)c2cccc(C)c2)n1. The van der Waals surface area contributed by atoms with Crippen LogP contribution in [-0.4, -0.2) is 29.0 Å². The molecule has 7 heteroatoms. The fourth-order valence-corrected chi connectivity index (χ4v) is 1.82. The highest BCUT2D eigenvalue weighted by molar-refractivity contribution is 5.68. The molecule has 7 nitrogen and oxygen atoms in total. The van der Waals surface area contributed by atoms with Crippen LogP contribution >= 0.6 is 0 Å². The zero-order valence-electron chi connectivity index (χ0n) is 11.5. The Morgan fingerprint density at radius 1 is 1.40 bits per heavy atom. The van der Waals surface area contributed by atoms with E-state index in [2.05, 4.69) is 15.3 Å². The van der Waals surface area contributed by atoms with Gasteiger partial charge in [0, 0.05) is 19.8 Å². The normalized spacial score (nSPS) is 10.2. The zero-order chi connectivity index (χ0) is 14.7. The molecule has 104 valence electrons. The van der Waals surface area contributed by atoms with E-state index in [1.807, 2.05) is 31.2 Å². The highest BCUT2D eigenvalue weighted by Crippen LogP contribution is 2.30. The standard InChI is InChI=1S/C13H15N5O2/c1-9-5-4-6-10(7-9)17(3)12-11(18(19)20)8-15-13(14-2)16-12/h4-8H,1-3H3,(H,14,15,16).